The lowest BCUT2D eigenvalue weighted by atomic mass is 10.2. The van der Waals surface area contributed by atoms with E-state index in [0.717, 1.165) is 19.0 Å². The second-order valence-corrected chi connectivity index (χ2v) is 6.84. The number of likely N-dealkylation sites (tertiary alicyclic amines) is 1. The van der Waals surface area contributed by atoms with Crippen molar-refractivity contribution in [3.8, 4) is 5.88 Å². The molecule has 2 rings (SSSR count). The van der Waals surface area contributed by atoms with Crippen LogP contribution in [0.4, 0.5) is 19.3 Å². The number of carbonyl (C=O) groups is 1. The largest absolute Gasteiger partial charge is 0.473 e. The quantitative estimate of drug-likeness (QED) is 0.907. The van der Waals surface area contributed by atoms with Crippen molar-refractivity contribution in [1.29, 1.82) is 0 Å². The lowest BCUT2D eigenvalue weighted by Gasteiger charge is -2.20. The van der Waals surface area contributed by atoms with Gasteiger partial charge in [-0.05, 0) is 40.3 Å². The summed E-state index contributed by atoms with van der Waals surface area (Å²) in [6.07, 6.45) is -2.80. The Morgan fingerprint density at radius 3 is 2.67 bits per heavy atom. The zero-order chi connectivity index (χ0) is 17.9. The van der Waals surface area contributed by atoms with Crippen molar-refractivity contribution in [2.45, 2.75) is 45.3 Å². The molecular weight excluding hydrogens is 320 g/mol. The van der Waals surface area contributed by atoms with Crippen molar-refractivity contribution >= 4 is 11.8 Å². The van der Waals surface area contributed by atoms with E-state index >= 15 is 0 Å². The van der Waals surface area contributed by atoms with Gasteiger partial charge in [-0.1, -0.05) is 0 Å². The van der Waals surface area contributed by atoms with Crippen LogP contribution in [0.3, 0.4) is 0 Å². The summed E-state index contributed by atoms with van der Waals surface area (Å²) in [6.45, 7) is 6.73. The number of nitrogens with zero attached hydrogens (tertiary/aromatic N) is 2. The van der Waals surface area contributed by atoms with E-state index in [-0.39, 0.29) is 17.7 Å². The van der Waals surface area contributed by atoms with Crippen molar-refractivity contribution in [3.05, 3.63) is 17.8 Å². The molecule has 1 aromatic heterocycles. The zero-order valence-electron chi connectivity index (χ0n) is 14.3. The van der Waals surface area contributed by atoms with Crippen molar-refractivity contribution in [2.24, 2.45) is 0 Å². The van der Waals surface area contributed by atoms with E-state index in [1.165, 1.54) is 6.07 Å². The third-order valence-electron chi connectivity index (χ3n) is 3.33. The fourth-order valence-corrected chi connectivity index (χ4v) is 2.35. The van der Waals surface area contributed by atoms with Crippen LogP contribution >= 0.6 is 0 Å². The van der Waals surface area contributed by atoms with Gasteiger partial charge in [-0.2, -0.15) is 0 Å². The molecule has 134 valence electrons. The van der Waals surface area contributed by atoms with Gasteiger partial charge in [0.1, 0.15) is 17.4 Å². The molecule has 1 N–H and O–H groups in total. The van der Waals surface area contributed by atoms with Crippen LogP contribution in [-0.2, 0) is 4.74 Å². The Bertz CT molecular complexity index is 590. The van der Waals surface area contributed by atoms with Crippen LogP contribution < -0.4 is 10.1 Å². The van der Waals surface area contributed by atoms with Gasteiger partial charge < -0.3 is 14.4 Å². The molecule has 24 heavy (non-hydrogen) atoms. The number of alkyl halides is 2. The summed E-state index contributed by atoms with van der Waals surface area (Å²) >= 11 is 0. The summed E-state index contributed by atoms with van der Waals surface area (Å²) in [5.74, 6) is 0.0687. The molecule has 0 radical (unpaired) electrons. The van der Waals surface area contributed by atoms with E-state index in [1.807, 2.05) is 7.05 Å². The molecule has 0 spiro atoms. The van der Waals surface area contributed by atoms with Crippen LogP contribution in [0.1, 0.15) is 39.3 Å². The Labute approximate surface area is 140 Å². The molecule has 0 unspecified atom stereocenters. The maximum absolute atomic E-state index is 13.0. The number of halogens is 2. The molecule has 1 atom stereocenters. The van der Waals surface area contributed by atoms with E-state index in [0.29, 0.717) is 6.54 Å². The summed E-state index contributed by atoms with van der Waals surface area (Å²) in [6, 6.07) is 2.54. The molecule has 8 heteroatoms. The van der Waals surface area contributed by atoms with E-state index in [4.69, 9.17) is 9.47 Å². The molecule has 1 amide bonds. The fourth-order valence-electron chi connectivity index (χ4n) is 2.35. The lowest BCUT2D eigenvalue weighted by molar-refractivity contribution is 0.0635. The predicted molar refractivity (Wildman–Crippen MR) is 85.6 cm³/mol. The molecule has 1 aromatic rings. The van der Waals surface area contributed by atoms with E-state index in [9.17, 15) is 13.6 Å². The highest BCUT2D eigenvalue weighted by Crippen LogP contribution is 2.26. The molecule has 1 saturated heterocycles. The standard InChI is InChI=1S/C16H23F2N3O3/c1-16(2,3)24-15(22)19-10-7-12(14(17)18)20-13(8-10)23-11-5-6-21(4)9-11/h7-8,11,14H,5-6,9H2,1-4H3,(H,19,20,22)/t11-/m0/s1. The van der Waals surface area contributed by atoms with Crippen LogP contribution in [-0.4, -0.2) is 47.8 Å². The van der Waals surface area contributed by atoms with Gasteiger partial charge >= 0.3 is 6.09 Å². The van der Waals surface area contributed by atoms with Crippen LogP contribution in [0, 0.1) is 0 Å². The Morgan fingerprint density at radius 2 is 2.12 bits per heavy atom. The number of rotatable bonds is 4. The Balaban J connectivity index is 2.13. The fraction of sp³-hybridized carbons (Fsp3) is 0.625. The number of ether oxygens (including phenoxy) is 2. The van der Waals surface area contributed by atoms with Gasteiger partial charge in [-0.25, -0.2) is 18.6 Å². The third-order valence-corrected chi connectivity index (χ3v) is 3.33. The maximum Gasteiger partial charge on any atom is 0.412 e. The minimum atomic E-state index is -2.76. The number of pyridine rings is 1. The van der Waals surface area contributed by atoms with Crippen molar-refractivity contribution < 1.29 is 23.0 Å². The van der Waals surface area contributed by atoms with Crippen molar-refractivity contribution in [1.82, 2.24) is 9.88 Å². The highest BCUT2D eigenvalue weighted by atomic mass is 19.3. The summed E-state index contributed by atoms with van der Waals surface area (Å²) < 4.78 is 36.9. The zero-order valence-corrected chi connectivity index (χ0v) is 14.3. The molecule has 1 aliphatic rings. The van der Waals surface area contributed by atoms with Gasteiger partial charge in [-0.15, -0.1) is 0 Å². The van der Waals surface area contributed by atoms with Crippen LogP contribution in [0.15, 0.2) is 12.1 Å². The second-order valence-electron chi connectivity index (χ2n) is 6.84. The van der Waals surface area contributed by atoms with Crippen molar-refractivity contribution in [2.75, 3.05) is 25.5 Å². The molecule has 2 heterocycles. The number of hydrogen-bond acceptors (Lipinski definition) is 5. The normalized spacial score (nSPS) is 18.7. The SMILES string of the molecule is CN1CC[C@H](Oc2cc(NC(=O)OC(C)(C)C)cc(C(F)F)n2)C1. The number of nitrogens with one attached hydrogen (secondary N) is 1. The Hall–Kier alpha value is -1.96. The van der Waals surface area contributed by atoms with Gasteiger partial charge in [0.05, 0.1) is 5.69 Å². The molecule has 0 aromatic carbocycles. The first kappa shape index (κ1) is 18.4. The van der Waals surface area contributed by atoms with Gasteiger partial charge in [0.15, 0.2) is 0 Å². The molecule has 0 bridgehead atoms. The average molecular weight is 343 g/mol. The number of anilines is 1. The van der Waals surface area contributed by atoms with Crippen LogP contribution in [0.2, 0.25) is 0 Å². The highest BCUT2D eigenvalue weighted by Gasteiger charge is 2.23. The third kappa shape index (κ3) is 5.59. The average Bonchev–Trinajstić information content (AvgIpc) is 2.81. The summed E-state index contributed by atoms with van der Waals surface area (Å²) in [5.41, 5.74) is -0.975. The molecule has 0 aliphatic carbocycles. The van der Waals surface area contributed by atoms with E-state index in [1.54, 1.807) is 20.8 Å². The number of carbonyl (C=O) groups excluding carboxylic acids is 1. The minimum absolute atomic E-state index is 0.0687. The van der Waals surface area contributed by atoms with Gasteiger partial charge in [0, 0.05) is 19.2 Å². The number of likely N-dealkylation sites (N-methyl/N-ethyl adjacent to an activating group) is 1. The maximum atomic E-state index is 13.0. The van der Waals surface area contributed by atoms with Gasteiger partial charge in [-0.3, -0.25) is 5.32 Å². The first-order valence-electron chi connectivity index (χ1n) is 7.78. The smallest absolute Gasteiger partial charge is 0.412 e. The van der Waals surface area contributed by atoms with Crippen LogP contribution in [0.5, 0.6) is 5.88 Å². The Morgan fingerprint density at radius 1 is 1.42 bits per heavy atom. The molecule has 1 fully saturated rings. The van der Waals surface area contributed by atoms with E-state index in [2.05, 4.69) is 15.2 Å². The van der Waals surface area contributed by atoms with Crippen molar-refractivity contribution in [3.63, 3.8) is 0 Å². The predicted octanol–water partition coefficient (Wildman–Crippen LogP) is 3.45. The summed E-state index contributed by atoms with van der Waals surface area (Å²) in [4.78, 5) is 17.7. The van der Waals surface area contributed by atoms with Crippen LogP contribution in [0.25, 0.3) is 0 Å². The second kappa shape index (κ2) is 7.29. The Kier molecular flexibility index (Phi) is 5.58. The molecule has 0 saturated carbocycles. The summed E-state index contributed by atoms with van der Waals surface area (Å²) in [7, 11) is 1.96. The minimum Gasteiger partial charge on any atom is -0.473 e. The van der Waals surface area contributed by atoms with Gasteiger partial charge in [0.2, 0.25) is 5.88 Å². The first-order chi connectivity index (χ1) is 11.1. The lowest BCUT2D eigenvalue weighted by Crippen LogP contribution is -2.27. The van der Waals surface area contributed by atoms with E-state index < -0.39 is 23.8 Å². The monoisotopic (exact) mass is 343 g/mol. The summed E-state index contributed by atoms with van der Waals surface area (Å²) in [5, 5.41) is 2.44. The first-order valence-corrected chi connectivity index (χ1v) is 7.78. The molecule has 6 nitrogen and oxygen atoms in total. The number of amides is 1. The topological polar surface area (TPSA) is 63.7 Å². The molecule has 1 aliphatic heterocycles. The highest BCUT2D eigenvalue weighted by molar-refractivity contribution is 5.85. The van der Waals surface area contributed by atoms with Gasteiger partial charge in [0.25, 0.3) is 6.43 Å². The number of aromatic nitrogens is 1. The molecular formula is C16H23F2N3O3. The number of hydrogen-bond donors (Lipinski definition) is 1.